The fourth-order valence-electron chi connectivity index (χ4n) is 6.88. The van der Waals surface area contributed by atoms with Gasteiger partial charge in [0.15, 0.2) is 0 Å². The molecule has 0 aliphatic rings. The summed E-state index contributed by atoms with van der Waals surface area (Å²) in [6.07, 6.45) is 0. The van der Waals surface area contributed by atoms with Gasteiger partial charge in [-0.25, -0.2) is 4.98 Å². The normalized spacial score (nSPS) is 11.8. The summed E-state index contributed by atoms with van der Waals surface area (Å²) in [5, 5.41) is 11.4. The van der Waals surface area contributed by atoms with E-state index in [4.69, 9.17) is 4.98 Å². The van der Waals surface area contributed by atoms with Crippen LogP contribution < -0.4 is 0 Å². The fraction of sp³-hybridized carbons (Fsp3) is 0.0238. The van der Waals surface area contributed by atoms with Crippen molar-refractivity contribution in [3.8, 4) is 33.5 Å². The van der Waals surface area contributed by atoms with Crippen molar-refractivity contribution in [3.05, 3.63) is 151 Å². The molecular formula is C42H27N. The Balaban J connectivity index is 1.24. The van der Waals surface area contributed by atoms with Gasteiger partial charge in [-0.3, -0.25) is 0 Å². The summed E-state index contributed by atoms with van der Waals surface area (Å²) >= 11 is 0. The van der Waals surface area contributed by atoms with Crippen LogP contribution in [0.15, 0.2) is 146 Å². The lowest BCUT2D eigenvalue weighted by Gasteiger charge is -2.18. The molecule has 0 unspecified atom stereocenters. The highest BCUT2D eigenvalue weighted by atomic mass is 14.7. The minimum atomic E-state index is 0.992. The Morgan fingerprint density at radius 1 is 0.395 bits per heavy atom. The summed E-state index contributed by atoms with van der Waals surface area (Å²) in [7, 11) is 0. The molecule has 8 aromatic carbocycles. The first-order chi connectivity index (χ1) is 21.2. The summed E-state index contributed by atoms with van der Waals surface area (Å²) in [6, 6.07) is 53.2. The van der Waals surface area contributed by atoms with Crippen LogP contribution in [0.3, 0.4) is 0 Å². The van der Waals surface area contributed by atoms with Crippen LogP contribution in [0.5, 0.6) is 0 Å². The molecule has 0 fully saturated rings. The van der Waals surface area contributed by atoms with Gasteiger partial charge in [0.05, 0.1) is 11.2 Å². The highest BCUT2D eigenvalue weighted by Crippen LogP contribution is 2.44. The molecule has 0 atom stereocenters. The number of benzene rings is 8. The molecule has 0 spiro atoms. The van der Waals surface area contributed by atoms with Crippen molar-refractivity contribution in [2.45, 2.75) is 6.92 Å². The molecule has 0 saturated carbocycles. The molecule has 0 aliphatic carbocycles. The highest BCUT2D eigenvalue weighted by Gasteiger charge is 2.17. The molecule has 1 aromatic heterocycles. The standard InChI is InChI=1S/C42H27N/c1-26-9-11-28(12-10-26)37-25-38(36-23-20-32-7-4-6-31-19-22-35(37)41(36)40(31)32)29-13-16-30(17-14-29)39-24-21-33-18-15-27-5-2-3-8-34(27)42(33)43-39/h2-25H,1H3. The third kappa shape index (κ3) is 3.75. The van der Waals surface area contributed by atoms with E-state index in [9.17, 15) is 0 Å². The molecule has 0 saturated heterocycles. The third-order valence-corrected chi connectivity index (χ3v) is 9.08. The number of fused-ring (bicyclic) bond motifs is 3. The van der Waals surface area contributed by atoms with Crippen molar-refractivity contribution in [2.24, 2.45) is 0 Å². The number of nitrogens with zero attached hydrogens (tertiary/aromatic N) is 1. The van der Waals surface area contributed by atoms with Gasteiger partial charge < -0.3 is 0 Å². The van der Waals surface area contributed by atoms with Gasteiger partial charge in [0.25, 0.3) is 0 Å². The number of aromatic nitrogens is 1. The Labute approximate surface area is 250 Å². The molecule has 0 aliphatic heterocycles. The first-order valence-corrected chi connectivity index (χ1v) is 14.9. The molecule has 1 heterocycles. The van der Waals surface area contributed by atoms with Crippen molar-refractivity contribution in [3.63, 3.8) is 0 Å². The molecule has 1 nitrogen and oxygen atoms in total. The summed E-state index contributed by atoms with van der Waals surface area (Å²) in [6.45, 7) is 2.15. The minimum absolute atomic E-state index is 0.992. The van der Waals surface area contributed by atoms with Crippen LogP contribution in [0.4, 0.5) is 0 Å². The number of rotatable bonds is 3. The number of hydrogen-bond donors (Lipinski definition) is 0. The van der Waals surface area contributed by atoms with Gasteiger partial charge in [0.2, 0.25) is 0 Å². The first-order valence-electron chi connectivity index (χ1n) is 14.9. The average Bonchev–Trinajstić information content (AvgIpc) is 3.07. The van der Waals surface area contributed by atoms with E-state index in [2.05, 4.69) is 153 Å². The van der Waals surface area contributed by atoms with E-state index in [-0.39, 0.29) is 0 Å². The monoisotopic (exact) mass is 545 g/mol. The van der Waals surface area contributed by atoms with E-state index in [1.165, 1.54) is 70.9 Å². The predicted octanol–water partition coefficient (Wildman–Crippen LogP) is 11.6. The van der Waals surface area contributed by atoms with Crippen molar-refractivity contribution in [1.29, 1.82) is 0 Å². The topological polar surface area (TPSA) is 12.9 Å². The van der Waals surface area contributed by atoms with Crippen LogP contribution in [-0.2, 0) is 0 Å². The van der Waals surface area contributed by atoms with Crippen LogP contribution in [0.1, 0.15) is 5.56 Å². The zero-order chi connectivity index (χ0) is 28.5. The summed E-state index contributed by atoms with van der Waals surface area (Å²) in [5.41, 5.74) is 9.41. The average molecular weight is 546 g/mol. The zero-order valence-electron chi connectivity index (χ0n) is 23.8. The lowest BCUT2D eigenvalue weighted by atomic mass is 9.85. The SMILES string of the molecule is Cc1ccc(-c2cc(-c3ccc(-c4ccc5ccc6ccccc6c5n4)cc3)c3ccc4cccc5ccc2c3c54)cc1. The Kier molecular flexibility index (Phi) is 5.18. The zero-order valence-corrected chi connectivity index (χ0v) is 23.8. The van der Waals surface area contributed by atoms with Gasteiger partial charge in [-0.05, 0) is 79.0 Å². The molecule has 200 valence electrons. The van der Waals surface area contributed by atoms with E-state index >= 15 is 0 Å². The maximum absolute atomic E-state index is 5.14. The Morgan fingerprint density at radius 2 is 0.953 bits per heavy atom. The number of hydrogen-bond acceptors (Lipinski definition) is 1. The summed E-state index contributed by atoms with van der Waals surface area (Å²) in [4.78, 5) is 5.14. The summed E-state index contributed by atoms with van der Waals surface area (Å²) < 4.78 is 0. The lowest BCUT2D eigenvalue weighted by molar-refractivity contribution is 1.41. The third-order valence-electron chi connectivity index (χ3n) is 9.08. The minimum Gasteiger partial charge on any atom is -0.247 e. The number of aryl methyl sites for hydroxylation is 1. The molecule has 9 aromatic rings. The lowest BCUT2D eigenvalue weighted by Crippen LogP contribution is -1.91. The van der Waals surface area contributed by atoms with E-state index in [0.717, 1.165) is 22.2 Å². The molecule has 0 N–H and O–H groups in total. The van der Waals surface area contributed by atoms with Crippen LogP contribution in [0, 0.1) is 6.92 Å². The van der Waals surface area contributed by atoms with Gasteiger partial charge in [0, 0.05) is 16.3 Å². The second-order valence-corrected chi connectivity index (χ2v) is 11.7. The Bertz CT molecular complexity index is 2470. The molecule has 0 radical (unpaired) electrons. The van der Waals surface area contributed by atoms with Crippen LogP contribution in [0.25, 0.3) is 87.5 Å². The van der Waals surface area contributed by atoms with Gasteiger partial charge in [-0.2, -0.15) is 0 Å². The van der Waals surface area contributed by atoms with E-state index < -0.39 is 0 Å². The van der Waals surface area contributed by atoms with Crippen molar-refractivity contribution in [2.75, 3.05) is 0 Å². The van der Waals surface area contributed by atoms with Gasteiger partial charge in [0.1, 0.15) is 0 Å². The predicted molar refractivity (Wildman–Crippen MR) is 184 cm³/mol. The molecule has 9 rings (SSSR count). The highest BCUT2D eigenvalue weighted by molar-refractivity contribution is 6.28. The molecule has 43 heavy (non-hydrogen) atoms. The molecule has 0 bridgehead atoms. The second-order valence-electron chi connectivity index (χ2n) is 11.7. The largest absolute Gasteiger partial charge is 0.247 e. The molecule has 0 amide bonds. The van der Waals surface area contributed by atoms with Crippen molar-refractivity contribution in [1.82, 2.24) is 4.98 Å². The fourth-order valence-corrected chi connectivity index (χ4v) is 6.88. The van der Waals surface area contributed by atoms with E-state index in [0.29, 0.717) is 0 Å². The van der Waals surface area contributed by atoms with E-state index in [1.807, 2.05) is 0 Å². The van der Waals surface area contributed by atoms with Crippen LogP contribution >= 0.6 is 0 Å². The number of pyridine rings is 1. The smallest absolute Gasteiger partial charge is 0.0787 e. The first kappa shape index (κ1) is 24.1. The maximum atomic E-state index is 5.14. The Morgan fingerprint density at radius 3 is 1.67 bits per heavy atom. The molecular weight excluding hydrogens is 518 g/mol. The van der Waals surface area contributed by atoms with Crippen molar-refractivity contribution < 1.29 is 0 Å². The maximum Gasteiger partial charge on any atom is 0.0787 e. The summed E-state index contributed by atoms with van der Waals surface area (Å²) in [5.74, 6) is 0. The van der Waals surface area contributed by atoms with Crippen molar-refractivity contribution >= 4 is 54.0 Å². The van der Waals surface area contributed by atoms with Gasteiger partial charge >= 0.3 is 0 Å². The van der Waals surface area contributed by atoms with Gasteiger partial charge in [-0.1, -0.05) is 139 Å². The quantitative estimate of drug-likeness (QED) is 0.201. The van der Waals surface area contributed by atoms with Crippen LogP contribution in [0.2, 0.25) is 0 Å². The second kappa shape index (κ2) is 9.24. The van der Waals surface area contributed by atoms with Gasteiger partial charge in [-0.15, -0.1) is 0 Å². The molecule has 1 heteroatoms. The Hall–Kier alpha value is -5.53. The van der Waals surface area contributed by atoms with E-state index in [1.54, 1.807) is 0 Å². The van der Waals surface area contributed by atoms with Crippen LogP contribution in [-0.4, -0.2) is 4.98 Å².